The molecule has 0 radical (unpaired) electrons. The molecule has 1 aliphatic rings. The monoisotopic (exact) mass is 240 g/mol. The Kier molecular flexibility index (Phi) is 5.65. The predicted molar refractivity (Wildman–Crippen MR) is 68.7 cm³/mol. The van der Waals surface area contributed by atoms with Gasteiger partial charge in [0.1, 0.15) is 0 Å². The van der Waals surface area contributed by atoms with Crippen molar-refractivity contribution in [3.8, 4) is 0 Å². The van der Waals surface area contributed by atoms with Gasteiger partial charge in [0.2, 0.25) is 5.91 Å². The zero-order valence-corrected chi connectivity index (χ0v) is 10.9. The second-order valence-electron chi connectivity index (χ2n) is 4.91. The van der Waals surface area contributed by atoms with Crippen molar-refractivity contribution in [2.24, 2.45) is 0 Å². The molecular weight excluding hydrogens is 216 g/mol. The number of rotatable bonds is 6. The number of aliphatic hydroxyl groups excluding tert-OH is 1. The molecule has 1 N–H and O–H groups in total. The average molecular weight is 240 g/mol. The van der Waals surface area contributed by atoms with Gasteiger partial charge in [-0.15, -0.1) is 6.58 Å². The first-order valence-electron chi connectivity index (χ1n) is 6.30. The summed E-state index contributed by atoms with van der Waals surface area (Å²) in [5, 5.41) is 9.86. The molecule has 1 heterocycles. The van der Waals surface area contributed by atoms with E-state index in [9.17, 15) is 9.90 Å². The fourth-order valence-electron chi connectivity index (χ4n) is 2.29. The van der Waals surface area contributed by atoms with E-state index in [-0.39, 0.29) is 18.1 Å². The number of hydrogen-bond donors (Lipinski definition) is 1. The largest absolute Gasteiger partial charge is 0.392 e. The Bertz CT molecular complexity index is 266. The number of β-amino-alcohol motifs (C(OH)–C–C–N with tert-alkyl or cyclic N) is 1. The summed E-state index contributed by atoms with van der Waals surface area (Å²) in [7, 11) is 3.57. The Morgan fingerprint density at radius 3 is 2.94 bits per heavy atom. The molecule has 17 heavy (non-hydrogen) atoms. The second kappa shape index (κ2) is 6.77. The standard InChI is InChI=1S/C13H24N2O2/c1-4-5-7-11(16)10-15-9-6-8-12(15)13(17)14(2)3/h4,11-12,16H,1,5-10H2,2-3H3. The van der Waals surface area contributed by atoms with Crippen LogP contribution in [0.4, 0.5) is 0 Å². The van der Waals surface area contributed by atoms with E-state index >= 15 is 0 Å². The molecule has 0 spiro atoms. The minimum atomic E-state index is -0.358. The van der Waals surface area contributed by atoms with Gasteiger partial charge in [-0.2, -0.15) is 0 Å². The van der Waals surface area contributed by atoms with Gasteiger partial charge in [-0.3, -0.25) is 9.69 Å². The minimum Gasteiger partial charge on any atom is -0.392 e. The van der Waals surface area contributed by atoms with Gasteiger partial charge >= 0.3 is 0 Å². The van der Waals surface area contributed by atoms with E-state index in [1.54, 1.807) is 19.0 Å². The van der Waals surface area contributed by atoms with Crippen LogP contribution in [0, 0.1) is 0 Å². The predicted octanol–water partition coefficient (Wildman–Crippen LogP) is 0.866. The maximum Gasteiger partial charge on any atom is 0.239 e. The number of likely N-dealkylation sites (N-methyl/N-ethyl adjacent to an activating group) is 1. The number of nitrogens with zero attached hydrogens (tertiary/aromatic N) is 2. The van der Waals surface area contributed by atoms with Crippen LogP contribution in [0.3, 0.4) is 0 Å². The van der Waals surface area contributed by atoms with Gasteiger partial charge in [0.05, 0.1) is 12.1 Å². The van der Waals surface area contributed by atoms with Gasteiger partial charge in [0.25, 0.3) is 0 Å². The van der Waals surface area contributed by atoms with Crippen LogP contribution in [0.25, 0.3) is 0 Å². The number of aliphatic hydroxyl groups is 1. The topological polar surface area (TPSA) is 43.8 Å². The molecule has 0 bridgehead atoms. The SMILES string of the molecule is C=CCCC(O)CN1CCCC1C(=O)N(C)C. The third-order valence-corrected chi connectivity index (χ3v) is 3.24. The molecule has 0 saturated carbocycles. The number of allylic oxidation sites excluding steroid dienone is 1. The summed E-state index contributed by atoms with van der Waals surface area (Å²) in [5.74, 6) is 0.151. The molecule has 98 valence electrons. The van der Waals surface area contributed by atoms with E-state index in [0.29, 0.717) is 6.54 Å². The van der Waals surface area contributed by atoms with Crippen molar-refractivity contribution in [3.63, 3.8) is 0 Å². The molecule has 1 fully saturated rings. The Labute approximate surface area is 104 Å². The lowest BCUT2D eigenvalue weighted by Crippen LogP contribution is -2.45. The first-order chi connectivity index (χ1) is 8.06. The van der Waals surface area contributed by atoms with E-state index in [1.807, 2.05) is 6.08 Å². The maximum atomic E-state index is 11.9. The number of amides is 1. The fraction of sp³-hybridized carbons (Fsp3) is 0.769. The first-order valence-corrected chi connectivity index (χ1v) is 6.30. The highest BCUT2D eigenvalue weighted by Gasteiger charge is 2.32. The van der Waals surface area contributed by atoms with Crippen LogP contribution in [-0.4, -0.2) is 60.1 Å². The molecule has 1 amide bonds. The minimum absolute atomic E-state index is 0.0385. The highest BCUT2D eigenvalue weighted by molar-refractivity contribution is 5.81. The van der Waals surface area contributed by atoms with Crippen molar-refractivity contribution in [1.82, 2.24) is 9.80 Å². The number of likely N-dealkylation sites (tertiary alicyclic amines) is 1. The molecule has 1 saturated heterocycles. The van der Waals surface area contributed by atoms with Crippen molar-refractivity contribution in [3.05, 3.63) is 12.7 Å². The summed E-state index contributed by atoms with van der Waals surface area (Å²) in [6.07, 6.45) is 4.95. The van der Waals surface area contributed by atoms with Crippen LogP contribution < -0.4 is 0 Å². The Morgan fingerprint density at radius 1 is 1.65 bits per heavy atom. The van der Waals surface area contributed by atoms with E-state index in [1.165, 1.54) is 0 Å². The van der Waals surface area contributed by atoms with Crippen LogP contribution in [0.15, 0.2) is 12.7 Å². The highest BCUT2D eigenvalue weighted by atomic mass is 16.3. The number of hydrogen-bond acceptors (Lipinski definition) is 3. The van der Waals surface area contributed by atoms with Gasteiger partial charge in [-0.1, -0.05) is 6.08 Å². The lowest BCUT2D eigenvalue weighted by Gasteiger charge is -2.27. The smallest absolute Gasteiger partial charge is 0.239 e. The van der Waals surface area contributed by atoms with Gasteiger partial charge in [0, 0.05) is 20.6 Å². The molecule has 0 aromatic heterocycles. The maximum absolute atomic E-state index is 11.9. The summed E-state index contributed by atoms with van der Waals surface area (Å²) in [6, 6.07) is -0.0385. The molecule has 4 nitrogen and oxygen atoms in total. The number of carbonyl (C=O) groups excluding carboxylic acids is 1. The summed E-state index contributed by atoms with van der Waals surface area (Å²) in [4.78, 5) is 15.7. The summed E-state index contributed by atoms with van der Waals surface area (Å²) >= 11 is 0. The summed E-state index contributed by atoms with van der Waals surface area (Å²) in [5.41, 5.74) is 0. The van der Waals surface area contributed by atoms with Crippen molar-refractivity contribution < 1.29 is 9.90 Å². The third-order valence-electron chi connectivity index (χ3n) is 3.24. The number of carbonyl (C=O) groups is 1. The zero-order chi connectivity index (χ0) is 12.8. The van der Waals surface area contributed by atoms with Crippen molar-refractivity contribution >= 4 is 5.91 Å². The molecule has 1 rings (SSSR count). The van der Waals surface area contributed by atoms with Gasteiger partial charge in [-0.25, -0.2) is 0 Å². The van der Waals surface area contributed by atoms with Crippen LogP contribution in [0.2, 0.25) is 0 Å². The molecule has 0 aromatic carbocycles. The molecule has 1 aliphatic heterocycles. The Balaban J connectivity index is 2.46. The van der Waals surface area contributed by atoms with Gasteiger partial charge in [-0.05, 0) is 32.2 Å². The van der Waals surface area contributed by atoms with Gasteiger partial charge < -0.3 is 10.0 Å². The normalized spacial score (nSPS) is 22.4. The molecule has 4 heteroatoms. The van der Waals surface area contributed by atoms with E-state index in [4.69, 9.17) is 0 Å². The quantitative estimate of drug-likeness (QED) is 0.701. The van der Waals surface area contributed by atoms with Gasteiger partial charge in [0.15, 0.2) is 0 Å². The first kappa shape index (κ1) is 14.2. The lowest BCUT2D eigenvalue weighted by molar-refractivity contribution is -0.133. The van der Waals surface area contributed by atoms with E-state index in [0.717, 1.165) is 32.2 Å². The molecule has 0 aliphatic carbocycles. The van der Waals surface area contributed by atoms with E-state index in [2.05, 4.69) is 11.5 Å². The van der Waals surface area contributed by atoms with Crippen molar-refractivity contribution in [1.29, 1.82) is 0 Å². The summed E-state index contributed by atoms with van der Waals surface area (Å²) in [6.45, 7) is 5.15. The fourth-order valence-corrected chi connectivity index (χ4v) is 2.29. The Morgan fingerprint density at radius 2 is 2.35 bits per heavy atom. The van der Waals surface area contributed by atoms with Crippen LogP contribution in [0.5, 0.6) is 0 Å². The van der Waals surface area contributed by atoms with Crippen LogP contribution in [-0.2, 0) is 4.79 Å². The highest BCUT2D eigenvalue weighted by Crippen LogP contribution is 2.19. The van der Waals surface area contributed by atoms with E-state index < -0.39 is 0 Å². The Hall–Kier alpha value is -0.870. The van der Waals surface area contributed by atoms with Crippen molar-refractivity contribution in [2.45, 2.75) is 37.8 Å². The molecule has 0 aromatic rings. The zero-order valence-electron chi connectivity index (χ0n) is 10.9. The second-order valence-corrected chi connectivity index (χ2v) is 4.91. The third kappa shape index (κ3) is 4.13. The summed E-state index contributed by atoms with van der Waals surface area (Å²) < 4.78 is 0. The average Bonchev–Trinajstić information content (AvgIpc) is 2.73. The van der Waals surface area contributed by atoms with Crippen LogP contribution >= 0.6 is 0 Å². The molecule has 2 unspecified atom stereocenters. The molecule has 2 atom stereocenters. The van der Waals surface area contributed by atoms with Crippen molar-refractivity contribution in [2.75, 3.05) is 27.2 Å². The molecular formula is C13H24N2O2. The lowest BCUT2D eigenvalue weighted by atomic mass is 10.1. The van der Waals surface area contributed by atoms with Crippen LogP contribution in [0.1, 0.15) is 25.7 Å².